The Bertz CT molecular complexity index is 753. The lowest BCUT2D eigenvalue weighted by Crippen LogP contribution is -2.44. The van der Waals surface area contributed by atoms with E-state index < -0.39 is 5.60 Å². The molecule has 3 aliphatic rings. The lowest BCUT2D eigenvalue weighted by Gasteiger charge is -2.35. The Morgan fingerprint density at radius 1 is 1.17 bits per heavy atom. The topological polar surface area (TPSA) is 58.1 Å². The highest BCUT2D eigenvalue weighted by molar-refractivity contribution is 7.96. The van der Waals surface area contributed by atoms with Gasteiger partial charge >= 0.3 is 6.09 Å². The molecule has 2 fully saturated rings. The number of hydrogen-bond acceptors (Lipinski definition) is 7. The Kier molecular flexibility index (Phi) is 6.34. The lowest BCUT2D eigenvalue weighted by atomic mass is 9.89. The van der Waals surface area contributed by atoms with Gasteiger partial charge in [-0.25, -0.2) is 14.1 Å². The lowest BCUT2D eigenvalue weighted by molar-refractivity contribution is 0.0123. The molecular weight excluding hydrogens is 400 g/mol. The maximum Gasteiger partial charge on any atom is 0.410 e. The molecule has 166 valence electrons. The zero-order valence-corrected chi connectivity index (χ0v) is 19.4. The van der Waals surface area contributed by atoms with Gasteiger partial charge in [-0.2, -0.15) is 0 Å². The first kappa shape index (κ1) is 21.6. The summed E-state index contributed by atoms with van der Waals surface area (Å²) in [6.07, 6.45) is 6.87. The molecule has 0 aliphatic carbocycles. The van der Waals surface area contributed by atoms with E-state index in [1.165, 1.54) is 5.56 Å². The summed E-state index contributed by atoms with van der Waals surface area (Å²) in [6.45, 7) is 11.4. The first-order valence-electron chi connectivity index (χ1n) is 11.0. The Morgan fingerprint density at radius 3 is 2.50 bits per heavy atom. The molecule has 8 heteroatoms. The second-order valence-electron chi connectivity index (χ2n) is 9.41. The van der Waals surface area contributed by atoms with Crippen LogP contribution in [-0.4, -0.2) is 77.5 Å². The molecule has 2 saturated heterocycles. The molecule has 0 bridgehead atoms. The second-order valence-corrected chi connectivity index (χ2v) is 10.3. The van der Waals surface area contributed by atoms with Crippen molar-refractivity contribution in [2.45, 2.75) is 51.7 Å². The summed E-state index contributed by atoms with van der Waals surface area (Å²) in [6, 6.07) is 2.22. The van der Waals surface area contributed by atoms with Crippen molar-refractivity contribution in [1.29, 1.82) is 0 Å². The predicted molar refractivity (Wildman–Crippen MR) is 120 cm³/mol. The summed E-state index contributed by atoms with van der Waals surface area (Å²) in [5, 5.41) is 0. The zero-order chi connectivity index (χ0) is 21.3. The van der Waals surface area contributed by atoms with E-state index in [2.05, 4.69) is 26.5 Å². The fourth-order valence-corrected chi connectivity index (χ4v) is 5.00. The van der Waals surface area contributed by atoms with Gasteiger partial charge in [-0.1, -0.05) is 11.9 Å². The van der Waals surface area contributed by atoms with Crippen LogP contribution in [0.5, 0.6) is 5.75 Å². The molecule has 4 rings (SSSR count). The molecule has 0 radical (unpaired) electrons. The van der Waals surface area contributed by atoms with Crippen LogP contribution in [0.4, 0.5) is 10.6 Å². The summed E-state index contributed by atoms with van der Waals surface area (Å²) in [5.74, 6) is 2.46. The molecule has 1 unspecified atom stereocenters. The number of carbonyl (C=O) groups is 1. The van der Waals surface area contributed by atoms with E-state index in [1.54, 1.807) is 0 Å². The third kappa shape index (κ3) is 4.97. The van der Waals surface area contributed by atoms with E-state index in [0.717, 1.165) is 70.1 Å². The monoisotopic (exact) mass is 434 g/mol. The minimum Gasteiger partial charge on any atom is -0.488 e. The quantitative estimate of drug-likeness (QED) is 0.676. The highest BCUT2D eigenvalue weighted by Crippen LogP contribution is 2.36. The van der Waals surface area contributed by atoms with Crippen molar-refractivity contribution >= 4 is 23.9 Å². The van der Waals surface area contributed by atoms with Crippen molar-refractivity contribution in [1.82, 2.24) is 14.2 Å². The molecule has 30 heavy (non-hydrogen) atoms. The number of aromatic nitrogens is 1. The van der Waals surface area contributed by atoms with Crippen LogP contribution in [0.25, 0.3) is 0 Å². The summed E-state index contributed by atoms with van der Waals surface area (Å²) >= 11 is 1.82. The SMILES string of the molecule is CSN1CCN(c2cc3c(cn2)OC(C2CCN(C(=O)OC(C)(C)C)CC2)C3)CC1. The smallest absolute Gasteiger partial charge is 0.410 e. The van der Waals surface area contributed by atoms with E-state index in [0.29, 0.717) is 5.92 Å². The molecule has 7 nitrogen and oxygen atoms in total. The summed E-state index contributed by atoms with van der Waals surface area (Å²) < 4.78 is 14.2. The highest BCUT2D eigenvalue weighted by atomic mass is 32.2. The van der Waals surface area contributed by atoms with E-state index >= 15 is 0 Å². The fourth-order valence-electron chi connectivity index (χ4n) is 4.47. The number of pyridine rings is 1. The number of likely N-dealkylation sites (tertiary alicyclic amines) is 1. The normalized spacial score (nSPS) is 23.3. The minimum absolute atomic E-state index is 0.186. The van der Waals surface area contributed by atoms with Gasteiger partial charge in [0.05, 0.1) is 6.20 Å². The number of piperazine rings is 1. The zero-order valence-electron chi connectivity index (χ0n) is 18.6. The number of piperidine rings is 1. The van der Waals surface area contributed by atoms with Gasteiger partial charge in [0.25, 0.3) is 0 Å². The second kappa shape index (κ2) is 8.83. The molecule has 1 aromatic heterocycles. The predicted octanol–water partition coefficient (Wildman–Crippen LogP) is 3.43. The van der Waals surface area contributed by atoms with Gasteiger partial charge in [-0.15, -0.1) is 0 Å². The van der Waals surface area contributed by atoms with E-state index in [1.807, 2.05) is 43.8 Å². The first-order chi connectivity index (χ1) is 14.3. The van der Waals surface area contributed by atoms with Crippen molar-refractivity contribution in [3.63, 3.8) is 0 Å². The number of amides is 1. The van der Waals surface area contributed by atoms with Crippen LogP contribution in [0.2, 0.25) is 0 Å². The van der Waals surface area contributed by atoms with Crippen LogP contribution in [0.3, 0.4) is 0 Å². The van der Waals surface area contributed by atoms with Gasteiger partial charge < -0.3 is 19.3 Å². The van der Waals surface area contributed by atoms with Crippen LogP contribution in [0.1, 0.15) is 39.2 Å². The Morgan fingerprint density at radius 2 is 1.87 bits per heavy atom. The summed E-state index contributed by atoms with van der Waals surface area (Å²) in [4.78, 5) is 21.2. The molecule has 1 amide bonds. The van der Waals surface area contributed by atoms with Crippen molar-refractivity contribution in [3.8, 4) is 5.75 Å². The molecule has 4 heterocycles. The van der Waals surface area contributed by atoms with Gasteiger partial charge in [-0.05, 0) is 51.9 Å². The van der Waals surface area contributed by atoms with Crippen molar-refractivity contribution in [2.75, 3.05) is 50.4 Å². The highest BCUT2D eigenvalue weighted by Gasteiger charge is 2.35. The van der Waals surface area contributed by atoms with Gasteiger partial charge in [0.15, 0.2) is 0 Å². The number of ether oxygens (including phenoxy) is 2. The summed E-state index contributed by atoms with van der Waals surface area (Å²) in [5.41, 5.74) is 0.823. The van der Waals surface area contributed by atoms with Crippen LogP contribution >= 0.6 is 11.9 Å². The van der Waals surface area contributed by atoms with Crippen molar-refractivity contribution < 1.29 is 14.3 Å². The third-order valence-corrected chi connectivity index (χ3v) is 7.05. The molecule has 1 aromatic rings. The van der Waals surface area contributed by atoms with Crippen LogP contribution < -0.4 is 9.64 Å². The largest absolute Gasteiger partial charge is 0.488 e. The molecule has 1 atom stereocenters. The van der Waals surface area contributed by atoms with Gasteiger partial charge in [-0.3, -0.25) is 0 Å². The Labute approximate surface area is 184 Å². The maximum absolute atomic E-state index is 12.3. The molecule has 0 spiro atoms. The standard InChI is InChI=1S/C22H34N4O3S/c1-22(2,3)29-21(27)25-7-5-16(6-8-25)18-13-17-14-20(23-15-19(17)28-18)24-9-11-26(30-4)12-10-24/h14-16,18H,5-13H2,1-4H3. The number of rotatable bonds is 3. The van der Waals surface area contributed by atoms with Gasteiger partial charge in [0.1, 0.15) is 23.3 Å². The number of carbonyl (C=O) groups excluding carboxylic acids is 1. The van der Waals surface area contributed by atoms with Gasteiger partial charge in [0.2, 0.25) is 0 Å². The van der Waals surface area contributed by atoms with Crippen LogP contribution in [0.15, 0.2) is 12.3 Å². The minimum atomic E-state index is -0.448. The molecular formula is C22H34N4O3S. The van der Waals surface area contributed by atoms with Crippen molar-refractivity contribution in [2.24, 2.45) is 5.92 Å². The van der Waals surface area contributed by atoms with E-state index in [4.69, 9.17) is 9.47 Å². The van der Waals surface area contributed by atoms with E-state index in [-0.39, 0.29) is 12.2 Å². The number of fused-ring (bicyclic) bond motifs is 1. The average Bonchev–Trinajstić information content (AvgIpc) is 3.16. The molecule has 0 saturated carbocycles. The first-order valence-corrected chi connectivity index (χ1v) is 12.2. The number of nitrogens with zero attached hydrogens (tertiary/aromatic N) is 4. The number of anilines is 1. The van der Waals surface area contributed by atoms with Crippen molar-refractivity contribution in [3.05, 3.63) is 17.8 Å². The third-order valence-electron chi connectivity index (χ3n) is 6.17. The number of hydrogen-bond donors (Lipinski definition) is 0. The van der Waals surface area contributed by atoms with Crippen LogP contribution in [0, 0.1) is 5.92 Å². The van der Waals surface area contributed by atoms with E-state index in [9.17, 15) is 4.79 Å². The molecule has 0 N–H and O–H groups in total. The van der Waals surface area contributed by atoms with Gasteiger partial charge in [0, 0.05) is 51.3 Å². The Balaban J connectivity index is 1.31. The summed E-state index contributed by atoms with van der Waals surface area (Å²) in [7, 11) is 0. The fraction of sp³-hybridized carbons (Fsp3) is 0.727. The van der Waals surface area contributed by atoms with Crippen LogP contribution in [-0.2, 0) is 11.2 Å². The average molecular weight is 435 g/mol. The molecule has 3 aliphatic heterocycles. The Hall–Kier alpha value is -1.67. The maximum atomic E-state index is 12.3. The molecule has 0 aromatic carbocycles.